The molecule has 4 aromatic carbocycles. The number of amides is 1. The van der Waals surface area contributed by atoms with Crippen LogP contribution in [-0.4, -0.2) is 23.7 Å². The van der Waals surface area contributed by atoms with Crippen LogP contribution in [0, 0.1) is 0 Å². The molecule has 1 amide bonds. The van der Waals surface area contributed by atoms with Crippen LogP contribution >= 0.6 is 0 Å². The summed E-state index contributed by atoms with van der Waals surface area (Å²) >= 11 is 0. The third-order valence-corrected chi connectivity index (χ3v) is 5.59. The number of benzene rings is 4. The minimum Gasteiger partial charge on any atom is -0.489 e. The maximum atomic E-state index is 12.5. The van der Waals surface area contributed by atoms with Gasteiger partial charge in [0.15, 0.2) is 0 Å². The normalized spacial score (nSPS) is 10.7. The molecule has 0 aliphatic rings. The Balaban J connectivity index is 1.27. The fraction of sp³-hybridized carbons (Fsp3) is 0.0357. The van der Waals surface area contributed by atoms with Crippen LogP contribution in [0.15, 0.2) is 97.3 Å². The number of nitrogens with zero attached hydrogens (tertiary/aromatic N) is 2. The first-order valence-electron chi connectivity index (χ1n) is 11.3. The van der Waals surface area contributed by atoms with Crippen molar-refractivity contribution >= 4 is 53.0 Å². The Morgan fingerprint density at radius 1 is 0.917 bits per heavy atom. The first-order valence-corrected chi connectivity index (χ1v) is 11.3. The molecule has 0 atom stereocenters. The summed E-state index contributed by atoms with van der Waals surface area (Å²) in [6.07, 6.45) is 1.52. The molecule has 1 aromatic heterocycles. The van der Waals surface area contributed by atoms with Gasteiger partial charge in [-0.05, 0) is 60.2 Å². The molecule has 0 bridgehead atoms. The van der Waals surface area contributed by atoms with Crippen molar-refractivity contribution in [2.24, 2.45) is 0 Å². The molecule has 2 radical (unpaired) electrons. The summed E-state index contributed by atoms with van der Waals surface area (Å²) in [5, 5.41) is 6.94. The molecule has 1 heterocycles. The van der Waals surface area contributed by atoms with Crippen molar-refractivity contribution in [3.05, 3.63) is 108 Å². The molecule has 0 fully saturated rings. The zero-order valence-electron chi connectivity index (χ0n) is 19.3. The van der Waals surface area contributed by atoms with Crippen LogP contribution in [0.25, 0.3) is 10.9 Å². The van der Waals surface area contributed by atoms with E-state index in [4.69, 9.17) is 18.3 Å². The van der Waals surface area contributed by atoms with Gasteiger partial charge in [0.05, 0.1) is 16.9 Å². The van der Waals surface area contributed by atoms with E-state index in [9.17, 15) is 4.79 Å². The van der Waals surface area contributed by atoms with Gasteiger partial charge in [0.2, 0.25) is 0 Å². The minimum atomic E-state index is -0.227. The topological polar surface area (TPSA) is 102 Å². The van der Waals surface area contributed by atoms with Crippen molar-refractivity contribution in [1.82, 2.24) is 9.97 Å². The van der Waals surface area contributed by atoms with E-state index in [0.717, 1.165) is 22.2 Å². The molecule has 5 rings (SSSR count). The van der Waals surface area contributed by atoms with E-state index >= 15 is 0 Å². The van der Waals surface area contributed by atoms with Crippen molar-refractivity contribution in [3.63, 3.8) is 0 Å². The van der Waals surface area contributed by atoms with Crippen LogP contribution in [0.5, 0.6) is 5.75 Å². The average Bonchev–Trinajstić information content (AvgIpc) is 2.89. The molecule has 174 valence electrons. The van der Waals surface area contributed by atoms with Gasteiger partial charge in [-0.25, -0.2) is 9.97 Å². The lowest BCUT2D eigenvalue weighted by molar-refractivity contribution is 0.102. The van der Waals surface area contributed by atoms with E-state index in [-0.39, 0.29) is 5.91 Å². The first kappa shape index (κ1) is 22.9. The highest BCUT2D eigenvalue weighted by molar-refractivity contribution is 6.32. The Morgan fingerprint density at radius 3 is 2.56 bits per heavy atom. The summed E-state index contributed by atoms with van der Waals surface area (Å²) in [7, 11) is 5.89. The SMILES string of the molecule is [B]c1cccc(Nc2ncnc3ccc(OCc4ccc(C(=O)Nc5ccccc5N)cc4)cc23)c1. The number of nitrogens with two attached hydrogens (primary N) is 1. The van der Waals surface area contributed by atoms with E-state index in [1.54, 1.807) is 24.3 Å². The molecule has 7 nitrogen and oxygen atoms in total. The highest BCUT2D eigenvalue weighted by Gasteiger charge is 2.09. The minimum absolute atomic E-state index is 0.227. The Morgan fingerprint density at radius 2 is 1.75 bits per heavy atom. The van der Waals surface area contributed by atoms with E-state index in [1.807, 2.05) is 66.7 Å². The standard InChI is InChI=1S/C28H22BN5O2/c29-20-4-3-5-21(14-20)33-27-23-15-22(12-13-25(23)31-17-32-27)36-16-18-8-10-19(11-9-18)28(35)34-26-7-2-1-6-24(26)30/h1-15,17H,16,30H2,(H,34,35)(H,31,32,33). The molecule has 0 saturated heterocycles. The van der Waals surface area contributed by atoms with Gasteiger partial charge in [-0.3, -0.25) is 4.79 Å². The number of rotatable bonds is 7. The zero-order chi connectivity index (χ0) is 24.9. The lowest BCUT2D eigenvalue weighted by Crippen LogP contribution is -2.13. The molecule has 0 aliphatic heterocycles. The molecule has 4 N–H and O–H groups in total. The van der Waals surface area contributed by atoms with Gasteiger partial charge in [-0.1, -0.05) is 41.9 Å². The Hall–Kier alpha value is -4.85. The molecule has 0 unspecified atom stereocenters. The second-order valence-corrected chi connectivity index (χ2v) is 8.18. The average molecular weight is 471 g/mol. The fourth-order valence-electron chi connectivity index (χ4n) is 3.70. The summed E-state index contributed by atoms with van der Waals surface area (Å²) in [5.41, 5.74) is 10.7. The second-order valence-electron chi connectivity index (χ2n) is 8.18. The third kappa shape index (κ3) is 5.28. The van der Waals surface area contributed by atoms with Crippen molar-refractivity contribution in [2.75, 3.05) is 16.4 Å². The quantitative estimate of drug-likeness (QED) is 0.237. The number of fused-ring (bicyclic) bond motifs is 1. The lowest BCUT2D eigenvalue weighted by Gasteiger charge is -2.11. The summed E-state index contributed by atoms with van der Waals surface area (Å²) in [6.45, 7) is 0.338. The summed E-state index contributed by atoms with van der Waals surface area (Å²) in [6, 6.07) is 27.5. The van der Waals surface area contributed by atoms with Crippen LogP contribution in [0.2, 0.25) is 0 Å². The number of para-hydroxylation sites is 2. The number of carbonyl (C=O) groups excluding carboxylic acids is 1. The number of ether oxygens (including phenoxy) is 1. The number of carbonyl (C=O) groups is 1. The van der Waals surface area contributed by atoms with E-state index in [0.29, 0.717) is 40.6 Å². The number of nitrogen functional groups attached to an aromatic ring is 1. The van der Waals surface area contributed by atoms with E-state index in [2.05, 4.69) is 20.6 Å². The van der Waals surface area contributed by atoms with Crippen LogP contribution < -0.4 is 26.6 Å². The fourth-order valence-corrected chi connectivity index (χ4v) is 3.70. The van der Waals surface area contributed by atoms with E-state index in [1.165, 1.54) is 6.33 Å². The molecule has 0 aliphatic carbocycles. The second kappa shape index (κ2) is 10.2. The van der Waals surface area contributed by atoms with Gasteiger partial charge in [0.25, 0.3) is 5.91 Å². The maximum Gasteiger partial charge on any atom is 0.255 e. The molecular formula is C28H22BN5O2. The van der Waals surface area contributed by atoms with Crippen molar-refractivity contribution in [1.29, 1.82) is 0 Å². The summed E-state index contributed by atoms with van der Waals surface area (Å²) in [5.74, 6) is 1.11. The molecule has 5 aromatic rings. The van der Waals surface area contributed by atoms with Gasteiger partial charge in [-0.2, -0.15) is 0 Å². The van der Waals surface area contributed by atoms with Crippen LogP contribution in [0.4, 0.5) is 22.9 Å². The Kier molecular flexibility index (Phi) is 6.49. The third-order valence-electron chi connectivity index (χ3n) is 5.59. The monoisotopic (exact) mass is 471 g/mol. The van der Waals surface area contributed by atoms with E-state index < -0.39 is 0 Å². The van der Waals surface area contributed by atoms with Gasteiger partial charge in [-0.15, -0.1) is 0 Å². The number of aromatic nitrogens is 2. The molecule has 8 heteroatoms. The number of hydrogen-bond donors (Lipinski definition) is 3. The highest BCUT2D eigenvalue weighted by atomic mass is 16.5. The van der Waals surface area contributed by atoms with Gasteiger partial charge >= 0.3 is 0 Å². The van der Waals surface area contributed by atoms with Gasteiger partial charge in [0, 0.05) is 16.6 Å². The van der Waals surface area contributed by atoms with Crippen molar-refractivity contribution in [2.45, 2.75) is 6.61 Å². The van der Waals surface area contributed by atoms with Crippen LogP contribution in [0.1, 0.15) is 15.9 Å². The molecule has 36 heavy (non-hydrogen) atoms. The first-order chi connectivity index (χ1) is 17.5. The predicted octanol–water partition coefficient (Wildman–Crippen LogP) is 4.58. The highest BCUT2D eigenvalue weighted by Crippen LogP contribution is 2.27. The summed E-state index contributed by atoms with van der Waals surface area (Å²) in [4.78, 5) is 21.3. The smallest absolute Gasteiger partial charge is 0.255 e. The number of nitrogens with one attached hydrogen (secondary N) is 2. The van der Waals surface area contributed by atoms with Gasteiger partial charge < -0.3 is 21.1 Å². The summed E-state index contributed by atoms with van der Waals surface area (Å²) < 4.78 is 6.02. The predicted molar refractivity (Wildman–Crippen MR) is 144 cm³/mol. The largest absolute Gasteiger partial charge is 0.489 e. The van der Waals surface area contributed by atoms with Crippen LogP contribution in [0.3, 0.4) is 0 Å². The zero-order valence-corrected chi connectivity index (χ0v) is 19.3. The van der Waals surface area contributed by atoms with Crippen molar-refractivity contribution in [3.8, 4) is 5.75 Å². The van der Waals surface area contributed by atoms with Crippen molar-refractivity contribution < 1.29 is 9.53 Å². The molecule has 0 spiro atoms. The Labute approximate surface area is 209 Å². The molecule has 0 saturated carbocycles. The molecular weight excluding hydrogens is 449 g/mol. The van der Waals surface area contributed by atoms with Gasteiger partial charge in [0.1, 0.15) is 32.3 Å². The number of hydrogen-bond acceptors (Lipinski definition) is 6. The number of anilines is 4. The maximum absolute atomic E-state index is 12.5. The lowest BCUT2D eigenvalue weighted by atomic mass is 9.96. The van der Waals surface area contributed by atoms with Crippen LogP contribution in [-0.2, 0) is 6.61 Å². The Bertz CT molecular complexity index is 1540.